The van der Waals surface area contributed by atoms with Gasteiger partial charge in [0.25, 0.3) is 0 Å². The van der Waals surface area contributed by atoms with Crippen molar-refractivity contribution in [3.63, 3.8) is 0 Å². The van der Waals surface area contributed by atoms with Crippen molar-refractivity contribution in [1.82, 2.24) is 5.32 Å². The lowest BCUT2D eigenvalue weighted by Crippen LogP contribution is -2.29. The van der Waals surface area contributed by atoms with Crippen molar-refractivity contribution in [2.24, 2.45) is 11.8 Å². The van der Waals surface area contributed by atoms with E-state index in [0.29, 0.717) is 17.9 Å². The number of hydrogen-bond acceptors (Lipinski definition) is 2. The molecule has 1 aliphatic rings. The van der Waals surface area contributed by atoms with Crippen molar-refractivity contribution in [3.8, 4) is 5.75 Å². The Morgan fingerprint density at radius 2 is 2.00 bits per heavy atom. The molecule has 1 aromatic carbocycles. The molecule has 1 saturated heterocycles. The van der Waals surface area contributed by atoms with Gasteiger partial charge in [0.2, 0.25) is 0 Å². The molecule has 0 bridgehead atoms. The summed E-state index contributed by atoms with van der Waals surface area (Å²) in [6, 6.07) is 8.66. The summed E-state index contributed by atoms with van der Waals surface area (Å²) in [6.07, 6.45) is 3.86. The molecule has 1 aromatic rings. The van der Waals surface area contributed by atoms with Crippen LogP contribution in [0.2, 0.25) is 0 Å². The predicted molar refractivity (Wildman–Crippen MR) is 80.7 cm³/mol. The van der Waals surface area contributed by atoms with E-state index >= 15 is 0 Å². The summed E-state index contributed by atoms with van der Waals surface area (Å²) in [4.78, 5) is 0. The summed E-state index contributed by atoms with van der Waals surface area (Å²) in [6.45, 7) is 8.97. The Morgan fingerprint density at radius 1 is 1.26 bits per heavy atom. The van der Waals surface area contributed by atoms with Crippen LogP contribution in [0, 0.1) is 11.8 Å². The van der Waals surface area contributed by atoms with E-state index in [0.717, 1.165) is 31.7 Å². The van der Waals surface area contributed by atoms with E-state index in [2.05, 4.69) is 50.4 Å². The fraction of sp³-hybridized carbons (Fsp3) is 0.647. The van der Waals surface area contributed by atoms with Crippen molar-refractivity contribution in [2.75, 3.05) is 13.1 Å². The zero-order chi connectivity index (χ0) is 13.7. The first-order valence-corrected chi connectivity index (χ1v) is 7.61. The van der Waals surface area contributed by atoms with Gasteiger partial charge in [0, 0.05) is 12.5 Å². The molecule has 0 amide bonds. The van der Waals surface area contributed by atoms with Crippen molar-refractivity contribution in [2.45, 2.75) is 46.1 Å². The minimum absolute atomic E-state index is 0.353. The van der Waals surface area contributed by atoms with Crippen LogP contribution in [0.4, 0.5) is 0 Å². The third kappa shape index (κ3) is 4.54. The van der Waals surface area contributed by atoms with Gasteiger partial charge in [-0.15, -0.1) is 0 Å². The minimum atomic E-state index is 0.353. The van der Waals surface area contributed by atoms with E-state index in [9.17, 15) is 0 Å². The number of ether oxygens (including phenoxy) is 1. The largest absolute Gasteiger partial charge is 0.490 e. The second-order valence-corrected chi connectivity index (χ2v) is 6.22. The molecule has 0 saturated carbocycles. The summed E-state index contributed by atoms with van der Waals surface area (Å²) < 4.78 is 6.17. The summed E-state index contributed by atoms with van der Waals surface area (Å²) in [5, 5.41) is 3.46. The Balaban J connectivity index is 1.94. The zero-order valence-electron chi connectivity index (χ0n) is 12.5. The van der Waals surface area contributed by atoms with Gasteiger partial charge in [-0.05, 0) is 49.4 Å². The van der Waals surface area contributed by atoms with Gasteiger partial charge in [-0.2, -0.15) is 0 Å². The van der Waals surface area contributed by atoms with E-state index in [1.807, 2.05) is 0 Å². The van der Waals surface area contributed by atoms with E-state index < -0.39 is 0 Å². The van der Waals surface area contributed by atoms with Crippen LogP contribution in [0.25, 0.3) is 0 Å². The van der Waals surface area contributed by atoms with Crippen molar-refractivity contribution < 1.29 is 4.74 Å². The maximum atomic E-state index is 6.17. The maximum Gasteiger partial charge on any atom is 0.119 e. The highest BCUT2D eigenvalue weighted by atomic mass is 16.5. The maximum absolute atomic E-state index is 6.17. The first-order valence-electron chi connectivity index (χ1n) is 7.61. The fourth-order valence-corrected chi connectivity index (χ4v) is 2.70. The summed E-state index contributed by atoms with van der Waals surface area (Å²) in [5.41, 5.74) is 1.40. The topological polar surface area (TPSA) is 21.3 Å². The van der Waals surface area contributed by atoms with Gasteiger partial charge in [-0.25, -0.2) is 0 Å². The highest BCUT2D eigenvalue weighted by Crippen LogP contribution is 2.21. The van der Waals surface area contributed by atoms with Crippen molar-refractivity contribution in [1.29, 1.82) is 0 Å². The molecular weight excluding hydrogens is 234 g/mol. The highest BCUT2D eigenvalue weighted by molar-refractivity contribution is 5.27. The normalized spacial score (nSPS) is 24.2. The summed E-state index contributed by atoms with van der Waals surface area (Å²) >= 11 is 0. The lowest BCUT2D eigenvalue weighted by atomic mass is 10.0. The van der Waals surface area contributed by atoms with Crippen LogP contribution >= 0.6 is 0 Å². The molecule has 1 N–H and O–H groups in total. The lowest BCUT2D eigenvalue weighted by Gasteiger charge is -2.23. The molecule has 2 heteroatoms. The van der Waals surface area contributed by atoms with E-state index in [1.165, 1.54) is 12.0 Å². The first kappa shape index (κ1) is 14.4. The third-order valence-corrected chi connectivity index (χ3v) is 3.80. The highest BCUT2D eigenvalue weighted by Gasteiger charge is 2.21. The zero-order valence-corrected chi connectivity index (χ0v) is 12.5. The predicted octanol–water partition coefficient (Wildman–Crippen LogP) is 3.65. The van der Waals surface area contributed by atoms with Crippen LogP contribution in [0.5, 0.6) is 5.75 Å². The molecule has 1 fully saturated rings. The quantitative estimate of drug-likeness (QED) is 0.893. The standard InChI is InChI=1S/C17H27NO/c1-13(2)11-15-6-8-16(9-7-15)19-17-5-4-10-18-12-14(17)3/h6-9,13-14,17-18H,4-5,10-12H2,1-3H3. The SMILES string of the molecule is CC(C)Cc1ccc(OC2CCCNCC2C)cc1. The lowest BCUT2D eigenvalue weighted by molar-refractivity contribution is 0.141. The minimum Gasteiger partial charge on any atom is -0.490 e. The second kappa shape index (κ2) is 6.95. The number of benzene rings is 1. The monoisotopic (exact) mass is 261 g/mol. The first-order chi connectivity index (χ1) is 9.15. The molecule has 106 valence electrons. The smallest absolute Gasteiger partial charge is 0.119 e. The third-order valence-electron chi connectivity index (χ3n) is 3.80. The number of hydrogen-bond donors (Lipinski definition) is 1. The molecule has 19 heavy (non-hydrogen) atoms. The van der Waals surface area contributed by atoms with Crippen LogP contribution < -0.4 is 10.1 Å². The molecule has 1 heterocycles. The Labute approximate surface area is 117 Å². The number of rotatable bonds is 4. The summed E-state index contributed by atoms with van der Waals surface area (Å²) in [5.74, 6) is 2.31. The molecule has 0 radical (unpaired) electrons. The van der Waals surface area contributed by atoms with Gasteiger partial charge in [0.05, 0.1) is 0 Å². The molecule has 2 atom stereocenters. The Kier molecular flexibility index (Phi) is 5.26. The van der Waals surface area contributed by atoms with Gasteiger partial charge >= 0.3 is 0 Å². The van der Waals surface area contributed by atoms with Gasteiger partial charge in [-0.1, -0.05) is 32.9 Å². The molecular formula is C17H27NO. The fourth-order valence-electron chi connectivity index (χ4n) is 2.70. The van der Waals surface area contributed by atoms with Gasteiger partial charge in [-0.3, -0.25) is 0 Å². The second-order valence-electron chi connectivity index (χ2n) is 6.22. The van der Waals surface area contributed by atoms with E-state index in [1.54, 1.807) is 0 Å². The van der Waals surface area contributed by atoms with Crippen molar-refractivity contribution >= 4 is 0 Å². The van der Waals surface area contributed by atoms with E-state index in [-0.39, 0.29) is 0 Å². The average Bonchev–Trinajstić information content (AvgIpc) is 2.57. The molecule has 0 aromatic heterocycles. The Morgan fingerprint density at radius 3 is 2.68 bits per heavy atom. The molecule has 0 aliphatic carbocycles. The average molecular weight is 261 g/mol. The molecule has 2 unspecified atom stereocenters. The van der Waals surface area contributed by atoms with Crippen LogP contribution in [0.1, 0.15) is 39.2 Å². The Bertz CT molecular complexity index is 371. The van der Waals surface area contributed by atoms with Gasteiger partial charge < -0.3 is 10.1 Å². The van der Waals surface area contributed by atoms with Crippen LogP contribution in [0.15, 0.2) is 24.3 Å². The van der Waals surface area contributed by atoms with Crippen LogP contribution in [0.3, 0.4) is 0 Å². The van der Waals surface area contributed by atoms with Gasteiger partial charge in [0.15, 0.2) is 0 Å². The van der Waals surface area contributed by atoms with Gasteiger partial charge in [0.1, 0.15) is 11.9 Å². The summed E-state index contributed by atoms with van der Waals surface area (Å²) in [7, 11) is 0. The van der Waals surface area contributed by atoms with E-state index in [4.69, 9.17) is 4.74 Å². The molecule has 2 rings (SSSR count). The molecule has 1 aliphatic heterocycles. The van der Waals surface area contributed by atoms with Crippen LogP contribution in [-0.4, -0.2) is 19.2 Å². The Hall–Kier alpha value is -1.02. The van der Waals surface area contributed by atoms with Crippen LogP contribution in [-0.2, 0) is 6.42 Å². The number of nitrogens with one attached hydrogen (secondary N) is 1. The molecule has 0 spiro atoms. The van der Waals surface area contributed by atoms with Crippen molar-refractivity contribution in [3.05, 3.63) is 29.8 Å². The molecule has 2 nitrogen and oxygen atoms in total.